The number of nitrogens with one attached hydrogen (secondary N) is 1. The lowest BCUT2D eigenvalue weighted by atomic mass is 10.4. The van der Waals surface area contributed by atoms with Crippen molar-refractivity contribution in [2.24, 2.45) is 0 Å². The van der Waals surface area contributed by atoms with Crippen molar-refractivity contribution in [3.8, 4) is 12.1 Å². The maximum atomic E-state index is 8.59. The van der Waals surface area contributed by atoms with Gasteiger partial charge in [-0.05, 0) is 0 Å². The van der Waals surface area contributed by atoms with Crippen molar-refractivity contribution in [1.29, 1.82) is 10.5 Å². The minimum Gasteiger partial charge on any atom is -0.373 e. The van der Waals surface area contributed by atoms with Crippen molar-refractivity contribution < 1.29 is 0 Å². The van der Waals surface area contributed by atoms with E-state index in [1.807, 2.05) is 12.1 Å². The maximum Gasteiger partial charge on any atom is 0.135 e. The summed E-state index contributed by atoms with van der Waals surface area (Å²) in [6, 6.07) is 5.65. The first-order valence-corrected chi connectivity index (χ1v) is 4.30. The van der Waals surface area contributed by atoms with Crippen LogP contribution in [0.4, 0.5) is 11.6 Å². The van der Waals surface area contributed by atoms with Crippen LogP contribution < -0.4 is 10.2 Å². The summed E-state index contributed by atoms with van der Waals surface area (Å²) < 4.78 is 0. The molecule has 1 N–H and O–H groups in total. The molecule has 76 valence electrons. The summed E-state index contributed by atoms with van der Waals surface area (Å²) in [6.45, 7) is 0.265. The van der Waals surface area contributed by atoms with E-state index in [9.17, 15) is 0 Å². The van der Waals surface area contributed by atoms with Gasteiger partial charge in [0.25, 0.3) is 0 Å². The van der Waals surface area contributed by atoms with E-state index < -0.39 is 0 Å². The molecule has 0 amide bonds. The third kappa shape index (κ3) is 2.82. The van der Waals surface area contributed by atoms with Gasteiger partial charge in [-0.25, -0.2) is 9.97 Å². The minimum absolute atomic E-state index is 0.133. The van der Waals surface area contributed by atoms with Gasteiger partial charge < -0.3 is 10.2 Å². The summed E-state index contributed by atoms with van der Waals surface area (Å²) in [5, 5.41) is 20.0. The van der Waals surface area contributed by atoms with Gasteiger partial charge in [-0.3, -0.25) is 0 Å². The lowest BCUT2D eigenvalue weighted by Gasteiger charge is -2.16. The molecule has 0 atom stereocenters. The first-order chi connectivity index (χ1) is 7.31. The molecule has 1 heterocycles. The number of hydrogen-bond acceptors (Lipinski definition) is 6. The van der Waals surface area contributed by atoms with Crippen LogP contribution in [-0.2, 0) is 0 Å². The van der Waals surface area contributed by atoms with E-state index in [1.54, 1.807) is 18.0 Å². The Bertz CT molecular complexity index is 386. The number of hydrogen-bond donors (Lipinski definition) is 1. The van der Waals surface area contributed by atoms with Crippen molar-refractivity contribution in [2.45, 2.75) is 0 Å². The van der Waals surface area contributed by atoms with Gasteiger partial charge in [0.2, 0.25) is 0 Å². The Morgan fingerprint density at radius 1 is 1.33 bits per heavy atom. The van der Waals surface area contributed by atoms with Gasteiger partial charge in [-0.2, -0.15) is 10.5 Å². The van der Waals surface area contributed by atoms with Crippen LogP contribution in [0.1, 0.15) is 0 Å². The number of nitrogens with zero attached hydrogens (tertiary/aromatic N) is 5. The molecule has 0 aliphatic carbocycles. The van der Waals surface area contributed by atoms with Gasteiger partial charge in [0, 0.05) is 13.1 Å². The van der Waals surface area contributed by atoms with E-state index in [0.29, 0.717) is 11.6 Å². The molecular formula is C9H10N6. The predicted octanol–water partition coefficient (Wildman–Crippen LogP) is 0.372. The average molecular weight is 202 g/mol. The van der Waals surface area contributed by atoms with Gasteiger partial charge in [0.1, 0.15) is 31.1 Å². The molecular weight excluding hydrogens is 192 g/mol. The lowest BCUT2D eigenvalue weighted by Crippen LogP contribution is -2.24. The van der Waals surface area contributed by atoms with E-state index >= 15 is 0 Å². The van der Waals surface area contributed by atoms with Crippen molar-refractivity contribution in [2.75, 3.05) is 30.4 Å². The van der Waals surface area contributed by atoms with Crippen molar-refractivity contribution >= 4 is 11.6 Å². The lowest BCUT2D eigenvalue weighted by molar-refractivity contribution is 0.926. The quantitative estimate of drug-likeness (QED) is 0.709. The van der Waals surface area contributed by atoms with Gasteiger partial charge in [0.15, 0.2) is 0 Å². The van der Waals surface area contributed by atoms with Crippen molar-refractivity contribution in [3.63, 3.8) is 0 Å². The molecule has 0 spiro atoms. The largest absolute Gasteiger partial charge is 0.373 e. The minimum atomic E-state index is 0.133. The Labute approximate surface area is 87.8 Å². The van der Waals surface area contributed by atoms with Crippen molar-refractivity contribution in [1.82, 2.24) is 9.97 Å². The maximum absolute atomic E-state index is 8.59. The van der Waals surface area contributed by atoms with E-state index in [2.05, 4.69) is 15.3 Å². The first kappa shape index (κ1) is 10.7. The van der Waals surface area contributed by atoms with Gasteiger partial charge in [0.05, 0.1) is 12.1 Å². The number of anilines is 2. The summed E-state index contributed by atoms with van der Waals surface area (Å²) in [6.07, 6.45) is 1.39. The molecule has 0 aliphatic rings. The smallest absolute Gasteiger partial charge is 0.135 e. The fourth-order valence-electron chi connectivity index (χ4n) is 1.05. The molecule has 0 unspecified atom stereocenters. The van der Waals surface area contributed by atoms with E-state index in [-0.39, 0.29) is 13.1 Å². The van der Waals surface area contributed by atoms with E-state index in [4.69, 9.17) is 10.5 Å². The first-order valence-electron chi connectivity index (χ1n) is 4.30. The van der Waals surface area contributed by atoms with Crippen LogP contribution in [0.15, 0.2) is 12.4 Å². The molecule has 0 aromatic carbocycles. The molecule has 0 radical (unpaired) electrons. The van der Waals surface area contributed by atoms with E-state index in [0.717, 1.165) is 0 Å². The van der Waals surface area contributed by atoms with Crippen LogP contribution in [0.3, 0.4) is 0 Å². The third-order valence-corrected chi connectivity index (χ3v) is 1.76. The zero-order valence-electron chi connectivity index (χ0n) is 8.30. The molecule has 1 aromatic heterocycles. The molecule has 1 rings (SSSR count). The topological polar surface area (TPSA) is 88.6 Å². The Kier molecular flexibility index (Phi) is 3.87. The van der Waals surface area contributed by atoms with Crippen LogP contribution in [0.5, 0.6) is 0 Å². The van der Waals surface area contributed by atoms with Crippen LogP contribution in [-0.4, -0.2) is 30.1 Å². The Hall–Kier alpha value is -2.34. The number of rotatable bonds is 4. The summed E-state index contributed by atoms with van der Waals surface area (Å²) in [5.74, 6) is 1.22. The average Bonchev–Trinajstić information content (AvgIpc) is 2.29. The summed E-state index contributed by atoms with van der Waals surface area (Å²) in [5.41, 5.74) is 0. The normalized spacial score (nSPS) is 8.73. The summed E-state index contributed by atoms with van der Waals surface area (Å²) in [4.78, 5) is 9.52. The fourth-order valence-corrected chi connectivity index (χ4v) is 1.05. The highest BCUT2D eigenvalue weighted by molar-refractivity contribution is 5.49. The number of aromatic nitrogens is 2. The van der Waals surface area contributed by atoms with Crippen LogP contribution in [0.2, 0.25) is 0 Å². The van der Waals surface area contributed by atoms with Crippen molar-refractivity contribution in [3.05, 3.63) is 12.4 Å². The molecule has 0 bridgehead atoms. The molecule has 0 saturated carbocycles. The highest BCUT2D eigenvalue weighted by Gasteiger charge is 2.07. The molecule has 6 heteroatoms. The van der Waals surface area contributed by atoms with Gasteiger partial charge in [-0.15, -0.1) is 0 Å². The monoisotopic (exact) mass is 202 g/mol. The van der Waals surface area contributed by atoms with Crippen LogP contribution in [0.25, 0.3) is 0 Å². The highest BCUT2D eigenvalue weighted by atomic mass is 15.2. The molecule has 0 aliphatic heterocycles. The summed E-state index contributed by atoms with van der Waals surface area (Å²) in [7, 11) is 1.74. The zero-order valence-corrected chi connectivity index (χ0v) is 8.30. The Balaban J connectivity index is 2.91. The van der Waals surface area contributed by atoms with Gasteiger partial charge in [-0.1, -0.05) is 0 Å². The second kappa shape index (κ2) is 5.40. The second-order valence-corrected chi connectivity index (χ2v) is 2.68. The number of nitriles is 2. The molecule has 15 heavy (non-hydrogen) atoms. The fraction of sp³-hybridized carbons (Fsp3) is 0.333. The van der Waals surface area contributed by atoms with Gasteiger partial charge >= 0.3 is 0 Å². The van der Waals surface area contributed by atoms with Crippen LogP contribution >= 0.6 is 0 Å². The molecule has 0 saturated heterocycles. The Morgan fingerprint density at radius 2 is 2.00 bits per heavy atom. The molecule has 6 nitrogen and oxygen atoms in total. The third-order valence-electron chi connectivity index (χ3n) is 1.76. The highest BCUT2D eigenvalue weighted by Crippen LogP contribution is 2.12. The SMILES string of the molecule is CNc1cc(N(CC#N)CC#N)ncn1. The standard InChI is InChI=1S/C9H10N6/c1-12-8-6-9(14-7-13-8)15(4-2-10)5-3-11/h6-7H,4-5H2,1H3,(H,12,13,14). The predicted molar refractivity (Wildman–Crippen MR) is 55.0 cm³/mol. The second-order valence-electron chi connectivity index (χ2n) is 2.68. The van der Waals surface area contributed by atoms with Crippen LogP contribution in [0, 0.1) is 22.7 Å². The Morgan fingerprint density at radius 3 is 2.53 bits per heavy atom. The molecule has 1 aromatic rings. The van der Waals surface area contributed by atoms with E-state index in [1.165, 1.54) is 6.33 Å². The molecule has 0 fully saturated rings. The summed E-state index contributed by atoms with van der Waals surface area (Å²) >= 11 is 0. The zero-order chi connectivity index (χ0) is 11.1.